The number of fused-ring (bicyclic) bond motifs is 1. The molecule has 22 heavy (non-hydrogen) atoms. The van der Waals surface area contributed by atoms with Crippen molar-refractivity contribution in [3.05, 3.63) is 34.3 Å². The van der Waals surface area contributed by atoms with Gasteiger partial charge in [0.25, 0.3) is 11.8 Å². The van der Waals surface area contributed by atoms with Crippen LogP contribution >= 0.6 is 23.2 Å². The highest BCUT2D eigenvalue weighted by Crippen LogP contribution is 2.35. The Morgan fingerprint density at radius 3 is 2.50 bits per heavy atom. The van der Waals surface area contributed by atoms with Crippen LogP contribution in [-0.4, -0.2) is 39.0 Å². The van der Waals surface area contributed by atoms with Crippen molar-refractivity contribution in [2.45, 2.75) is 6.54 Å². The zero-order valence-corrected chi connectivity index (χ0v) is 13.3. The third-order valence-corrected chi connectivity index (χ3v) is 3.88. The van der Waals surface area contributed by atoms with Crippen LogP contribution in [0.5, 0.6) is 11.8 Å². The summed E-state index contributed by atoms with van der Waals surface area (Å²) in [5, 5.41) is 4.84. The molecule has 0 aliphatic rings. The summed E-state index contributed by atoms with van der Waals surface area (Å²) in [5.74, 6) is 0.549. The molecule has 3 rings (SSSR count). The van der Waals surface area contributed by atoms with Gasteiger partial charge in [0.1, 0.15) is 12.7 Å². The molecule has 2 heterocycles. The molecule has 0 atom stereocenters. The van der Waals surface area contributed by atoms with Gasteiger partial charge in [0, 0.05) is 5.56 Å². The average molecular weight is 340 g/mol. The van der Waals surface area contributed by atoms with E-state index in [0.717, 1.165) is 0 Å². The van der Waals surface area contributed by atoms with Crippen LogP contribution in [0, 0.1) is 0 Å². The van der Waals surface area contributed by atoms with Gasteiger partial charge in [-0.3, -0.25) is 0 Å². The third kappa shape index (κ3) is 2.53. The second-order valence-electron chi connectivity index (χ2n) is 4.35. The van der Waals surface area contributed by atoms with Crippen LogP contribution in [-0.2, 0) is 6.54 Å². The van der Waals surface area contributed by atoms with Crippen LogP contribution < -0.4 is 9.47 Å². The minimum atomic E-state index is 0.272. The molecule has 3 aromatic rings. The summed E-state index contributed by atoms with van der Waals surface area (Å²) in [6.07, 6.45) is 3.02. The molecule has 0 bridgehead atoms. The van der Waals surface area contributed by atoms with E-state index in [1.54, 1.807) is 17.1 Å². The first-order chi connectivity index (χ1) is 10.6. The molecular formula is C13H11Cl2N5O2. The van der Waals surface area contributed by atoms with Crippen molar-refractivity contribution in [1.82, 2.24) is 24.7 Å². The van der Waals surface area contributed by atoms with E-state index in [1.807, 2.05) is 0 Å². The number of nitrogens with zero attached hydrogens (tertiary/aromatic N) is 5. The number of halogens is 2. The second-order valence-corrected chi connectivity index (χ2v) is 5.14. The van der Waals surface area contributed by atoms with E-state index < -0.39 is 0 Å². The van der Waals surface area contributed by atoms with Crippen molar-refractivity contribution in [2.75, 3.05) is 14.2 Å². The second kappa shape index (κ2) is 5.94. The minimum absolute atomic E-state index is 0.272. The smallest absolute Gasteiger partial charge is 0.278 e. The first-order valence-electron chi connectivity index (χ1n) is 6.23. The van der Waals surface area contributed by atoms with Crippen LogP contribution in [0.2, 0.25) is 10.0 Å². The van der Waals surface area contributed by atoms with Gasteiger partial charge in [0.2, 0.25) is 0 Å². The summed E-state index contributed by atoms with van der Waals surface area (Å²) < 4.78 is 12.0. The largest absolute Gasteiger partial charge is 0.477 e. The van der Waals surface area contributed by atoms with E-state index >= 15 is 0 Å². The molecule has 0 saturated carbocycles. The van der Waals surface area contributed by atoms with E-state index in [0.29, 0.717) is 33.2 Å². The van der Waals surface area contributed by atoms with E-state index in [4.69, 9.17) is 32.7 Å². The molecule has 2 aromatic heterocycles. The molecule has 0 aliphatic carbocycles. The van der Waals surface area contributed by atoms with Gasteiger partial charge >= 0.3 is 0 Å². The van der Waals surface area contributed by atoms with Gasteiger partial charge in [-0.15, -0.1) is 0 Å². The highest BCUT2D eigenvalue weighted by Gasteiger charge is 2.18. The van der Waals surface area contributed by atoms with Crippen molar-refractivity contribution in [2.24, 2.45) is 0 Å². The Morgan fingerprint density at radius 1 is 1.14 bits per heavy atom. The molecular weight excluding hydrogens is 329 g/mol. The van der Waals surface area contributed by atoms with Crippen molar-refractivity contribution < 1.29 is 9.47 Å². The van der Waals surface area contributed by atoms with Gasteiger partial charge in [0.15, 0.2) is 0 Å². The van der Waals surface area contributed by atoms with E-state index in [-0.39, 0.29) is 11.8 Å². The first kappa shape index (κ1) is 14.8. The predicted octanol–water partition coefficient (Wildman–Crippen LogP) is 2.59. The Hall–Kier alpha value is -2.12. The van der Waals surface area contributed by atoms with Crippen molar-refractivity contribution in [3.63, 3.8) is 0 Å². The van der Waals surface area contributed by atoms with Crippen LogP contribution in [0.3, 0.4) is 0 Å². The Balaban J connectivity index is 2.25. The van der Waals surface area contributed by atoms with Crippen molar-refractivity contribution in [1.29, 1.82) is 0 Å². The Labute approximate surface area is 135 Å². The fourth-order valence-corrected chi connectivity index (χ4v) is 2.48. The third-order valence-electron chi connectivity index (χ3n) is 3.06. The average Bonchev–Trinajstić information content (AvgIpc) is 3.03. The fourth-order valence-electron chi connectivity index (χ4n) is 2.06. The monoisotopic (exact) mass is 339 g/mol. The molecule has 0 N–H and O–H groups in total. The van der Waals surface area contributed by atoms with Crippen molar-refractivity contribution >= 4 is 34.2 Å². The molecule has 1 aromatic carbocycles. The highest BCUT2D eigenvalue weighted by molar-refractivity contribution is 6.43. The lowest BCUT2D eigenvalue weighted by Crippen LogP contribution is -2.05. The molecule has 0 fully saturated rings. The fraction of sp³-hybridized carbons (Fsp3) is 0.231. The lowest BCUT2D eigenvalue weighted by Gasteiger charge is -2.12. The summed E-state index contributed by atoms with van der Waals surface area (Å²) in [6.45, 7) is 0.361. The van der Waals surface area contributed by atoms with Gasteiger partial charge < -0.3 is 9.47 Å². The maximum Gasteiger partial charge on any atom is 0.278 e. The van der Waals surface area contributed by atoms with Gasteiger partial charge in [-0.1, -0.05) is 23.2 Å². The zero-order chi connectivity index (χ0) is 15.7. The predicted molar refractivity (Wildman–Crippen MR) is 81.8 cm³/mol. The normalized spacial score (nSPS) is 10.9. The van der Waals surface area contributed by atoms with Crippen LogP contribution in [0.25, 0.3) is 11.0 Å². The minimum Gasteiger partial charge on any atom is -0.477 e. The van der Waals surface area contributed by atoms with Crippen LogP contribution in [0.4, 0.5) is 0 Å². The van der Waals surface area contributed by atoms with E-state index in [1.165, 1.54) is 20.5 Å². The number of ether oxygens (including phenoxy) is 2. The summed E-state index contributed by atoms with van der Waals surface area (Å²) in [4.78, 5) is 12.7. The molecule has 0 unspecified atom stereocenters. The molecule has 0 aliphatic heterocycles. The molecule has 0 radical (unpaired) electrons. The Bertz CT molecular complexity index is 823. The first-order valence-corrected chi connectivity index (χ1v) is 6.98. The quantitative estimate of drug-likeness (QED) is 0.727. The molecule has 9 heteroatoms. The summed E-state index contributed by atoms with van der Waals surface area (Å²) in [6, 6.07) is 1.64. The maximum atomic E-state index is 6.33. The SMILES string of the molecule is COc1nc2cc(Cl)c(Cl)c(Cn3cncn3)c2nc1OC. The number of rotatable bonds is 4. The van der Waals surface area contributed by atoms with E-state index in [2.05, 4.69) is 20.1 Å². The van der Waals surface area contributed by atoms with Gasteiger partial charge in [-0.05, 0) is 6.07 Å². The van der Waals surface area contributed by atoms with Crippen LogP contribution in [0.15, 0.2) is 18.7 Å². The number of aromatic nitrogens is 5. The topological polar surface area (TPSA) is 75.0 Å². The lowest BCUT2D eigenvalue weighted by atomic mass is 10.1. The standard InChI is InChI=1S/C13H11Cl2N5O2/c1-21-12-13(22-2)19-11-7(4-20-6-16-5-17-20)10(15)8(14)3-9(11)18-12/h3,5-6H,4H2,1-2H3. The number of benzene rings is 1. The van der Waals surface area contributed by atoms with Gasteiger partial charge in [-0.25, -0.2) is 19.6 Å². The Kier molecular flexibility index (Phi) is 4.00. The molecule has 0 saturated heterocycles. The van der Waals surface area contributed by atoms with E-state index in [9.17, 15) is 0 Å². The molecule has 114 valence electrons. The zero-order valence-electron chi connectivity index (χ0n) is 11.7. The van der Waals surface area contributed by atoms with Gasteiger partial charge in [-0.2, -0.15) is 5.10 Å². The number of hydrogen-bond acceptors (Lipinski definition) is 6. The summed E-state index contributed by atoms with van der Waals surface area (Å²) in [7, 11) is 2.99. The van der Waals surface area contributed by atoms with Crippen LogP contribution in [0.1, 0.15) is 5.56 Å². The molecule has 0 amide bonds. The lowest BCUT2D eigenvalue weighted by molar-refractivity contribution is 0.334. The molecule has 7 nitrogen and oxygen atoms in total. The summed E-state index contributed by atoms with van der Waals surface area (Å²) in [5.41, 5.74) is 1.81. The van der Waals surface area contributed by atoms with Gasteiger partial charge in [0.05, 0.1) is 41.8 Å². The number of hydrogen-bond donors (Lipinski definition) is 0. The summed E-state index contributed by atoms with van der Waals surface area (Å²) >= 11 is 12.5. The molecule has 0 spiro atoms. The highest BCUT2D eigenvalue weighted by atomic mass is 35.5. The maximum absolute atomic E-state index is 6.33. The van der Waals surface area contributed by atoms with Crippen molar-refractivity contribution in [3.8, 4) is 11.8 Å². The number of methoxy groups -OCH3 is 2. The Morgan fingerprint density at radius 2 is 1.86 bits per heavy atom.